The van der Waals surface area contributed by atoms with Crippen molar-refractivity contribution < 1.29 is 9.53 Å². The average Bonchev–Trinajstić information content (AvgIpc) is 3.45. The fraction of sp³-hybridized carbons (Fsp3) is 0.333. The fourth-order valence-corrected chi connectivity index (χ4v) is 4.24. The number of hydrogen-bond donors (Lipinski definition) is 2. The normalized spacial score (nSPS) is 12.2. The predicted molar refractivity (Wildman–Crippen MR) is 133 cm³/mol. The number of nitrogens with one attached hydrogen (secondary N) is 2. The minimum atomic E-state index is -0.489. The van der Waals surface area contributed by atoms with Gasteiger partial charge in [-0.05, 0) is 66.7 Å². The summed E-state index contributed by atoms with van der Waals surface area (Å²) in [7, 11) is 0. The van der Waals surface area contributed by atoms with Gasteiger partial charge in [0.05, 0.1) is 18.3 Å². The van der Waals surface area contributed by atoms with E-state index >= 15 is 0 Å². The number of unbranched alkanes of at least 4 members (excludes halogenated alkanes) is 2. The van der Waals surface area contributed by atoms with Gasteiger partial charge in [0.1, 0.15) is 5.69 Å². The zero-order chi connectivity index (χ0) is 24.1. The van der Waals surface area contributed by atoms with Gasteiger partial charge in [0, 0.05) is 26.5 Å². The Hall–Kier alpha value is -2.94. The molecule has 0 saturated heterocycles. The molecule has 0 spiro atoms. The number of aromatic nitrogens is 5. The molecule has 0 amide bonds. The molecule has 0 aliphatic rings. The van der Waals surface area contributed by atoms with Gasteiger partial charge in [-0.15, -0.1) is 5.10 Å². The summed E-state index contributed by atoms with van der Waals surface area (Å²) >= 11 is 12.3. The minimum Gasteiger partial charge on any atom is -0.461 e. The molecule has 0 bridgehead atoms. The van der Waals surface area contributed by atoms with Crippen LogP contribution in [0.4, 0.5) is 0 Å². The molecule has 4 rings (SSSR count). The van der Waals surface area contributed by atoms with E-state index in [1.165, 1.54) is 0 Å². The number of carbonyl (C=O) groups excluding carboxylic acids is 1. The SMILES string of the molecule is CCCCCNC(c1c(C(=O)OCC)[nH]c2cc(Cl)ccc12)c1nnnn1-c1ccc(Cl)cc1. The van der Waals surface area contributed by atoms with E-state index in [4.69, 9.17) is 27.9 Å². The van der Waals surface area contributed by atoms with Crippen molar-refractivity contribution in [2.45, 2.75) is 39.2 Å². The first-order chi connectivity index (χ1) is 16.5. The summed E-state index contributed by atoms with van der Waals surface area (Å²) in [6, 6.07) is 12.2. The molecule has 1 atom stereocenters. The van der Waals surface area contributed by atoms with E-state index in [1.54, 1.807) is 35.9 Å². The molecule has 8 nitrogen and oxygen atoms in total. The van der Waals surface area contributed by atoms with Crippen LogP contribution in [0, 0.1) is 0 Å². The zero-order valence-electron chi connectivity index (χ0n) is 19.0. The van der Waals surface area contributed by atoms with Crippen LogP contribution in [0.1, 0.15) is 61.0 Å². The van der Waals surface area contributed by atoms with Crippen molar-refractivity contribution in [3.8, 4) is 5.69 Å². The van der Waals surface area contributed by atoms with Gasteiger partial charge in [-0.3, -0.25) is 0 Å². The van der Waals surface area contributed by atoms with Gasteiger partial charge in [-0.1, -0.05) is 49.0 Å². The number of fused-ring (bicyclic) bond motifs is 1. The maximum absolute atomic E-state index is 13.0. The second-order valence-electron chi connectivity index (χ2n) is 7.84. The third-order valence-electron chi connectivity index (χ3n) is 5.52. The number of H-pyrrole nitrogens is 1. The molecule has 0 fully saturated rings. The molecule has 1 unspecified atom stereocenters. The highest BCUT2D eigenvalue weighted by Gasteiger charge is 2.30. The Balaban J connectivity index is 1.88. The molecular weight excluding hydrogens is 475 g/mol. The van der Waals surface area contributed by atoms with E-state index < -0.39 is 12.0 Å². The molecule has 2 heterocycles. The van der Waals surface area contributed by atoms with Crippen molar-refractivity contribution >= 4 is 40.1 Å². The van der Waals surface area contributed by atoms with Crippen LogP contribution in [-0.2, 0) is 4.74 Å². The Labute approximate surface area is 207 Å². The van der Waals surface area contributed by atoms with E-state index in [0.717, 1.165) is 35.9 Å². The van der Waals surface area contributed by atoms with Gasteiger partial charge in [0.15, 0.2) is 5.82 Å². The molecule has 0 aliphatic heterocycles. The first-order valence-electron chi connectivity index (χ1n) is 11.3. The summed E-state index contributed by atoms with van der Waals surface area (Å²) in [6.07, 6.45) is 3.14. The molecule has 2 aromatic carbocycles. The summed E-state index contributed by atoms with van der Waals surface area (Å²) in [5.41, 5.74) is 2.55. The molecule has 2 aromatic heterocycles. The lowest BCUT2D eigenvalue weighted by Crippen LogP contribution is -2.28. The van der Waals surface area contributed by atoms with Crippen molar-refractivity contribution in [3.05, 3.63) is 69.6 Å². The number of tetrazole rings is 1. The average molecular weight is 501 g/mol. The number of aromatic amines is 1. The van der Waals surface area contributed by atoms with Crippen LogP contribution in [0.3, 0.4) is 0 Å². The minimum absolute atomic E-state index is 0.255. The standard InChI is InChI=1S/C24H26Cl2N6O2/c1-3-5-6-13-27-21(23-29-30-31-32(23)17-10-7-15(25)8-11-17)20-18-12-9-16(26)14-19(18)28-22(20)24(33)34-4-2/h7-12,14,21,27-28H,3-6,13H2,1-2H3. The van der Waals surface area contributed by atoms with Gasteiger partial charge in [-0.2, -0.15) is 4.68 Å². The Kier molecular flexibility index (Phi) is 7.82. The summed E-state index contributed by atoms with van der Waals surface area (Å²) in [5, 5.41) is 18.1. The maximum Gasteiger partial charge on any atom is 0.355 e. The van der Waals surface area contributed by atoms with Crippen molar-refractivity contribution in [1.29, 1.82) is 0 Å². The van der Waals surface area contributed by atoms with Gasteiger partial charge < -0.3 is 15.0 Å². The van der Waals surface area contributed by atoms with Crippen LogP contribution in [-0.4, -0.2) is 44.3 Å². The fourth-order valence-electron chi connectivity index (χ4n) is 3.94. The van der Waals surface area contributed by atoms with E-state index in [0.29, 0.717) is 33.7 Å². The number of nitrogens with zero attached hydrogens (tertiary/aromatic N) is 4. The lowest BCUT2D eigenvalue weighted by Gasteiger charge is -2.19. The first-order valence-corrected chi connectivity index (χ1v) is 12.0. The Morgan fingerprint density at radius 1 is 1.12 bits per heavy atom. The number of benzene rings is 2. The van der Waals surface area contributed by atoms with E-state index in [2.05, 4.69) is 32.7 Å². The van der Waals surface area contributed by atoms with Gasteiger partial charge in [-0.25, -0.2) is 4.79 Å². The lowest BCUT2D eigenvalue weighted by molar-refractivity contribution is 0.0518. The highest BCUT2D eigenvalue weighted by Crippen LogP contribution is 2.34. The lowest BCUT2D eigenvalue weighted by atomic mass is 10.0. The summed E-state index contributed by atoms with van der Waals surface area (Å²) in [5.74, 6) is 0.0934. The van der Waals surface area contributed by atoms with E-state index in [1.807, 2.05) is 18.2 Å². The van der Waals surface area contributed by atoms with Gasteiger partial charge >= 0.3 is 5.97 Å². The molecule has 2 N–H and O–H groups in total. The predicted octanol–water partition coefficient (Wildman–Crippen LogP) is 5.50. The van der Waals surface area contributed by atoms with Gasteiger partial charge in [0.2, 0.25) is 0 Å². The second kappa shape index (κ2) is 11.0. The molecule has 0 radical (unpaired) electrons. The summed E-state index contributed by atoms with van der Waals surface area (Å²) in [4.78, 5) is 16.2. The van der Waals surface area contributed by atoms with Crippen LogP contribution >= 0.6 is 23.2 Å². The molecular formula is C24H26Cl2N6O2. The highest BCUT2D eigenvalue weighted by molar-refractivity contribution is 6.31. The quantitative estimate of drug-likeness (QED) is 0.220. The van der Waals surface area contributed by atoms with Crippen LogP contribution in [0.25, 0.3) is 16.6 Å². The number of rotatable bonds is 10. The summed E-state index contributed by atoms with van der Waals surface area (Å²) < 4.78 is 7.01. The monoisotopic (exact) mass is 500 g/mol. The Bertz CT molecular complexity index is 1270. The molecule has 178 valence electrons. The topological polar surface area (TPSA) is 97.7 Å². The van der Waals surface area contributed by atoms with Crippen molar-refractivity contribution in [2.24, 2.45) is 0 Å². The Morgan fingerprint density at radius 3 is 2.62 bits per heavy atom. The number of hydrogen-bond acceptors (Lipinski definition) is 6. The van der Waals surface area contributed by atoms with Gasteiger partial charge in [0.25, 0.3) is 0 Å². The molecule has 34 heavy (non-hydrogen) atoms. The Morgan fingerprint density at radius 2 is 1.88 bits per heavy atom. The number of carbonyl (C=O) groups is 1. The molecule has 0 saturated carbocycles. The van der Waals surface area contributed by atoms with Crippen LogP contribution in [0.5, 0.6) is 0 Å². The molecule has 0 aliphatic carbocycles. The van der Waals surface area contributed by atoms with E-state index in [9.17, 15) is 4.79 Å². The van der Waals surface area contributed by atoms with Crippen LogP contribution in [0.2, 0.25) is 10.0 Å². The van der Waals surface area contributed by atoms with Crippen molar-refractivity contribution in [3.63, 3.8) is 0 Å². The summed E-state index contributed by atoms with van der Waals surface area (Å²) in [6.45, 7) is 4.90. The van der Waals surface area contributed by atoms with Crippen molar-refractivity contribution in [1.82, 2.24) is 30.5 Å². The third kappa shape index (κ3) is 5.09. The molecule has 10 heteroatoms. The van der Waals surface area contributed by atoms with Crippen LogP contribution < -0.4 is 5.32 Å². The maximum atomic E-state index is 13.0. The smallest absolute Gasteiger partial charge is 0.355 e. The van der Waals surface area contributed by atoms with E-state index in [-0.39, 0.29) is 6.61 Å². The highest BCUT2D eigenvalue weighted by atomic mass is 35.5. The second-order valence-corrected chi connectivity index (χ2v) is 8.72. The first kappa shape index (κ1) is 24.2. The number of esters is 1. The largest absolute Gasteiger partial charge is 0.461 e. The third-order valence-corrected chi connectivity index (χ3v) is 6.01. The number of halogens is 2. The van der Waals surface area contributed by atoms with Crippen molar-refractivity contribution in [2.75, 3.05) is 13.2 Å². The number of ether oxygens (including phenoxy) is 1. The zero-order valence-corrected chi connectivity index (χ0v) is 20.5. The molecule has 4 aromatic rings. The van der Waals surface area contributed by atoms with Crippen LogP contribution in [0.15, 0.2) is 42.5 Å².